The van der Waals surface area contributed by atoms with E-state index in [-0.39, 0.29) is 83.8 Å². The minimum absolute atomic E-state index is 0.0241. The molecule has 15 nitrogen and oxygen atoms in total. The number of nitrogens with zero attached hydrogens (tertiary/aromatic N) is 9. The number of nitrogens with one attached hydrogen (secondary N) is 1. The predicted octanol–water partition coefficient (Wildman–Crippen LogP) is 4.03. The van der Waals surface area contributed by atoms with Gasteiger partial charge in [-0.1, -0.05) is 42.8 Å². The number of benzene rings is 2. The number of hydrogen-bond donors (Lipinski definition) is 2. The smallest absolute Gasteiger partial charge is 0.416 e. The molecule has 5 heterocycles. The van der Waals surface area contributed by atoms with E-state index in [0.29, 0.717) is 11.3 Å². The highest BCUT2D eigenvalue weighted by molar-refractivity contribution is 6.33. The molecule has 3 aromatic heterocycles. The van der Waals surface area contributed by atoms with Crippen molar-refractivity contribution in [2.24, 2.45) is 0 Å². The summed E-state index contributed by atoms with van der Waals surface area (Å²) in [6, 6.07) is 10.3. The van der Waals surface area contributed by atoms with Crippen molar-refractivity contribution in [1.82, 2.24) is 38.9 Å². The van der Waals surface area contributed by atoms with Crippen LogP contribution in [-0.4, -0.2) is 108 Å². The molecule has 2 aliphatic rings. The highest BCUT2D eigenvalue weighted by Crippen LogP contribution is 2.34. The van der Waals surface area contributed by atoms with Crippen LogP contribution in [-0.2, 0) is 35.2 Å². The zero-order chi connectivity index (χ0) is 39.9. The van der Waals surface area contributed by atoms with Gasteiger partial charge in [-0.25, -0.2) is 9.97 Å². The third-order valence-electron chi connectivity index (χ3n) is 10.00. The molecule has 294 valence electrons. The van der Waals surface area contributed by atoms with Crippen molar-refractivity contribution in [2.45, 2.75) is 45.6 Å². The van der Waals surface area contributed by atoms with Crippen LogP contribution in [0.4, 0.5) is 24.5 Å². The van der Waals surface area contributed by atoms with Crippen molar-refractivity contribution in [3.8, 4) is 17.1 Å². The molecular formula is C37H38ClF3N10O5. The zero-order valence-electron chi connectivity index (χ0n) is 30.7. The van der Waals surface area contributed by atoms with Gasteiger partial charge < -0.3 is 29.5 Å². The second-order valence-electron chi connectivity index (χ2n) is 13.6. The number of ether oxygens (including phenoxy) is 1. The van der Waals surface area contributed by atoms with Crippen molar-refractivity contribution in [1.29, 1.82) is 0 Å². The lowest BCUT2D eigenvalue weighted by Crippen LogP contribution is -2.51. The second-order valence-corrected chi connectivity index (χ2v) is 14.0. The molecule has 0 unspecified atom stereocenters. The van der Waals surface area contributed by atoms with Crippen LogP contribution in [0.25, 0.3) is 17.2 Å². The quantitative estimate of drug-likeness (QED) is 0.210. The number of aromatic nitrogens is 6. The second kappa shape index (κ2) is 15.5. The zero-order valence-corrected chi connectivity index (χ0v) is 31.4. The maximum absolute atomic E-state index is 14.4. The third kappa shape index (κ3) is 7.63. The Balaban J connectivity index is 1.21. The first-order valence-electron chi connectivity index (χ1n) is 17.8. The number of piperazine rings is 1. The third-order valence-corrected chi connectivity index (χ3v) is 10.3. The van der Waals surface area contributed by atoms with E-state index < -0.39 is 35.7 Å². The number of carbonyl (C=O) groups excluding carboxylic acids is 2. The number of aryl methyl sites for hydroxylation is 1. The van der Waals surface area contributed by atoms with Gasteiger partial charge in [0.1, 0.15) is 18.6 Å². The Labute approximate surface area is 323 Å². The van der Waals surface area contributed by atoms with Gasteiger partial charge in [-0.2, -0.15) is 22.7 Å². The topological polar surface area (TPSA) is 163 Å². The van der Waals surface area contributed by atoms with Gasteiger partial charge in [0, 0.05) is 58.5 Å². The number of aromatic hydroxyl groups is 1. The van der Waals surface area contributed by atoms with E-state index >= 15 is 0 Å². The van der Waals surface area contributed by atoms with E-state index in [0.717, 1.165) is 47.9 Å². The Kier molecular flexibility index (Phi) is 10.7. The first kappa shape index (κ1) is 38.7. The molecule has 2 N–H and O–H groups in total. The molecule has 0 radical (unpaired) electrons. The van der Waals surface area contributed by atoms with Crippen molar-refractivity contribution < 1.29 is 32.6 Å². The Morgan fingerprint density at radius 2 is 1.77 bits per heavy atom. The van der Waals surface area contributed by atoms with Gasteiger partial charge in [0.25, 0.3) is 11.5 Å². The highest BCUT2D eigenvalue weighted by Gasteiger charge is 2.33. The Bertz CT molecular complexity index is 2350. The first-order valence-corrected chi connectivity index (χ1v) is 18.2. The SMILES string of the molecule is CCc1c(N2CCN(C(=O)c3ncnc(C)c3O)CC2)c(=O)n2nc(-c3ccc(CN4CC(OC)C4)cc3)nc2n1CC(=O)Nc1ccc(C(F)(F)F)cc1Cl. The Hall–Kier alpha value is -5.59. The summed E-state index contributed by atoms with van der Waals surface area (Å²) in [4.78, 5) is 59.5. The van der Waals surface area contributed by atoms with Crippen LogP contribution < -0.4 is 15.8 Å². The molecular weight excluding hydrogens is 757 g/mol. The number of carbonyl (C=O) groups is 2. The number of anilines is 2. The summed E-state index contributed by atoms with van der Waals surface area (Å²) in [6.45, 7) is 6.24. The molecule has 0 bridgehead atoms. The van der Waals surface area contributed by atoms with E-state index in [1.807, 2.05) is 36.1 Å². The summed E-state index contributed by atoms with van der Waals surface area (Å²) in [5.74, 6) is -1.09. The number of methoxy groups -OCH3 is 1. The standard InChI is InChI=1S/C37H38ClF3N10O5/c1-4-28-31(48-11-13-49(14-12-48)34(54)30-32(53)21(2)42-20-43-30)35(55)51-36(50(28)19-29(52)44-27-10-9-24(15-26(27)38)37(39,40)41)45-33(46-51)23-7-5-22(6-8-23)16-47-17-25(18-47)56-3/h5-10,15,20,25,53H,4,11-14,16-19H2,1-3H3,(H,44,52). The lowest BCUT2D eigenvalue weighted by molar-refractivity contribution is -0.137. The van der Waals surface area contributed by atoms with Crippen LogP contribution >= 0.6 is 11.6 Å². The van der Waals surface area contributed by atoms with Crippen molar-refractivity contribution >= 4 is 40.6 Å². The lowest BCUT2D eigenvalue weighted by atomic mass is 10.1. The molecule has 2 fully saturated rings. The van der Waals surface area contributed by atoms with Gasteiger partial charge in [-0.15, -0.1) is 5.10 Å². The number of rotatable bonds is 10. The number of halogens is 4. The average Bonchev–Trinajstić information content (AvgIpc) is 3.62. The normalized spacial score (nSPS) is 15.3. The Morgan fingerprint density at radius 3 is 2.41 bits per heavy atom. The molecule has 2 aliphatic heterocycles. The molecule has 0 aliphatic carbocycles. The van der Waals surface area contributed by atoms with Crippen molar-refractivity contribution in [2.75, 3.05) is 56.6 Å². The fraction of sp³-hybridized carbons (Fsp3) is 0.378. The first-order chi connectivity index (χ1) is 26.7. The summed E-state index contributed by atoms with van der Waals surface area (Å²) >= 11 is 6.15. The fourth-order valence-corrected chi connectivity index (χ4v) is 7.13. The monoisotopic (exact) mass is 794 g/mol. The number of alkyl halides is 3. The summed E-state index contributed by atoms with van der Waals surface area (Å²) in [5.41, 5.74) is 1.10. The molecule has 0 saturated carbocycles. The number of likely N-dealkylation sites (tertiary alicyclic amines) is 1. The predicted molar refractivity (Wildman–Crippen MR) is 200 cm³/mol. The number of fused-ring (bicyclic) bond motifs is 1. The van der Waals surface area contributed by atoms with Gasteiger partial charge >= 0.3 is 6.18 Å². The molecule has 0 atom stereocenters. The summed E-state index contributed by atoms with van der Waals surface area (Å²) in [5, 5.41) is 17.3. The summed E-state index contributed by atoms with van der Waals surface area (Å²) in [7, 11) is 1.70. The molecule has 0 spiro atoms. The fourth-order valence-electron chi connectivity index (χ4n) is 6.90. The van der Waals surface area contributed by atoms with E-state index in [9.17, 15) is 32.7 Å². The number of hydrogen-bond acceptors (Lipinski definition) is 11. The number of amides is 2. The molecule has 5 aromatic rings. The minimum Gasteiger partial charge on any atom is -0.504 e. The molecule has 2 aromatic carbocycles. The lowest BCUT2D eigenvalue weighted by Gasteiger charge is -2.38. The molecule has 2 saturated heterocycles. The molecule has 7 rings (SSSR count). The van der Waals surface area contributed by atoms with Crippen molar-refractivity contribution in [3.63, 3.8) is 0 Å². The minimum atomic E-state index is -4.62. The van der Waals surface area contributed by atoms with Gasteiger partial charge in [-0.05, 0) is 37.1 Å². The van der Waals surface area contributed by atoms with E-state index in [4.69, 9.17) is 21.3 Å². The Morgan fingerprint density at radius 1 is 1.05 bits per heavy atom. The van der Waals surface area contributed by atoms with Crippen LogP contribution in [0, 0.1) is 6.92 Å². The maximum Gasteiger partial charge on any atom is 0.416 e. The van der Waals surface area contributed by atoms with Crippen LogP contribution in [0.3, 0.4) is 0 Å². The van der Waals surface area contributed by atoms with Gasteiger partial charge in [0.2, 0.25) is 11.7 Å². The van der Waals surface area contributed by atoms with E-state index in [1.165, 1.54) is 11.2 Å². The molecule has 56 heavy (non-hydrogen) atoms. The van der Waals surface area contributed by atoms with Gasteiger partial charge in [0.15, 0.2) is 17.3 Å². The van der Waals surface area contributed by atoms with Crippen LogP contribution in [0.15, 0.2) is 53.6 Å². The van der Waals surface area contributed by atoms with Crippen LogP contribution in [0.5, 0.6) is 5.75 Å². The summed E-state index contributed by atoms with van der Waals surface area (Å²) in [6.07, 6.45) is -2.91. The largest absolute Gasteiger partial charge is 0.504 e. The van der Waals surface area contributed by atoms with Crippen molar-refractivity contribution in [3.05, 3.63) is 92.4 Å². The van der Waals surface area contributed by atoms with Crippen LogP contribution in [0.1, 0.15) is 39.9 Å². The van der Waals surface area contributed by atoms with Crippen LogP contribution in [0.2, 0.25) is 5.02 Å². The van der Waals surface area contributed by atoms with E-state index in [1.54, 1.807) is 18.6 Å². The van der Waals surface area contributed by atoms with Gasteiger partial charge in [0.05, 0.1) is 33.8 Å². The van der Waals surface area contributed by atoms with E-state index in [2.05, 4.69) is 25.3 Å². The average molecular weight is 795 g/mol. The molecule has 2 amide bonds. The molecule has 19 heteroatoms. The maximum atomic E-state index is 14.4. The highest BCUT2D eigenvalue weighted by atomic mass is 35.5. The summed E-state index contributed by atoms with van der Waals surface area (Å²) < 4.78 is 47.9. The van der Waals surface area contributed by atoms with Gasteiger partial charge in [-0.3, -0.25) is 19.3 Å².